The molecule has 0 saturated heterocycles. The molecule has 0 aliphatic heterocycles. The zero-order valence-corrected chi connectivity index (χ0v) is 7.27. The van der Waals surface area contributed by atoms with Crippen molar-refractivity contribution in [2.24, 2.45) is 11.7 Å². The van der Waals surface area contributed by atoms with E-state index in [4.69, 9.17) is 5.73 Å². The van der Waals surface area contributed by atoms with Crippen molar-refractivity contribution < 1.29 is 4.79 Å². The number of hydrogen-bond acceptors (Lipinski definition) is 5. The van der Waals surface area contributed by atoms with E-state index in [9.17, 15) is 4.79 Å². The van der Waals surface area contributed by atoms with Gasteiger partial charge in [0.2, 0.25) is 11.9 Å². The van der Waals surface area contributed by atoms with Gasteiger partial charge in [-0.3, -0.25) is 10.1 Å². The van der Waals surface area contributed by atoms with E-state index in [-0.39, 0.29) is 17.8 Å². The minimum absolute atomic E-state index is 0.199. The van der Waals surface area contributed by atoms with E-state index < -0.39 is 0 Å². The maximum Gasteiger partial charge on any atom is 0.249 e. The molecule has 0 aromatic carbocycles. The van der Waals surface area contributed by atoms with Gasteiger partial charge in [0.25, 0.3) is 0 Å². The van der Waals surface area contributed by atoms with Gasteiger partial charge >= 0.3 is 0 Å². The number of rotatable bonds is 3. The van der Waals surface area contributed by atoms with Crippen molar-refractivity contribution in [2.75, 3.05) is 11.9 Å². The van der Waals surface area contributed by atoms with Crippen molar-refractivity contribution in [3.63, 3.8) is 0 Å². The van der Waals surface area contributed by atoms with Gasteiger partial charge < -0.3 is 5.73 Å². The van der Waals surface area contributed by atoms with E-state index >= 15 is 0 Å². The van der Waals surface area contributed by atoms with Crippen LogP contribution in [0.25, 0.3) is 0 Å². The summed E-state index contributed by atoms with van der Waals surface area (Å²) in [6, 6.07) is 0. The highest BCUT2D eigenvalue weighted by Gasteiger charge is 2.11. The minimum Gasteiger partial charge on any atom is -0.330 e. The largest absolute Gasteiger partial charge is 0.330 e. The standard InChI is InChI=1S/C7H11N5O/c1-5(4-8)6(13)11-7-9-2-3-10-12-7/h2-3,5H,4,8H2,1H3,(H,9,11,12,13). The van der Waals surface area contributed by atoms with E-state index in [0.29, 0.717) is 6.54 Å². The lowest BCUT2D eigenvalue weighted by Gasteiger charge is -2.06. The minimum atomic E-state index is -0.246. The van der Waals surface area contributed by atoms with Crippen LogP contribution in [0.5, 0.6) is 0 Å². The molecule has 1 aromatic rings. The van der Waals surface area contributed by atoms with Crippen LogP contribution in [-0.4, -0.2) is 27.6 Å². The van der Waals surface area contributed by atoms with E-state index in [2.05, 4.69) is 20.5 Å². The van der Waals surface area contributed by atoms with Gasteiger partial charge in [0, 0.05) is 12.5 Å². The molecule has 1 atom stereocenters. The van der Waals surface area contributed by atoms with Gasteiger partial charge in [-0.1, -0.05) is 6.92 Å². The van der Waals surface area contributed by atoms with Crippen LogP contribution in [0, 0.1) is 5.92 Å². The van der Waals surface area contributed by atoms with Gasteiger partial charge in [0.15, 0.2) is 0 Å². The Morgan fingerprint density at radius 2 is 2.46 bits per heavy atom. The molecule has 1 heterocycles. The molecule has 0 aliphatic rings. The van der Waals surface area contributed by atoms with Gasteiger partial charge in [0.1, 0.15) is 0 Å². The Kier molecular flexibility index (Phi) is 3.27. The molecule has 0 radical (unpaired) electrons. The Morgan fingerprint density at radius 1 is 1.69 bits per heavy atom. The van der Waals surface area contributed by atoms with Crippen molar-refractivity contribution >= 4 is 11.9 Å². The monoisotopic (exact) mass is 181 g/mol. The fourth-order valence-corrected chi connectivity index (χ4v) is 0.645. The lowest BCUT2D eigenvalue weighted by Crippen LogP contribution is -2.27. The van der Waals surface area contributed by atoms with Crippen molar-refractivity contribution in [2.45, 2.75) is 6.92 Å². The highest BCUT2D eigenvalue weighted by molar-refractivity contribution is 5.90. The number of aromatic nitrogens is 3. The summed E-state index contributed by atoms with van der Waals surface area (Å²) in [5, 5.41) is 9.65. The second kappa shape index (κ2) is 4.46. The Balaban J connectivity index is 2.55. The second-order valence-corrected chi connectivity index (χ2v) is 2.59. The summed E-state index contributed by atoms with van der Waals surface area (Å²) in [7, 11) is 0. The molecule has 13 heavy (non-hydrogen) atoms. The van der Waals surface area contributed by atoms with E-state index in [1.807, 2.05) is 0 Å². The maximum atomic E-state index is 11.2. The van der Waals surface area contributed by atoms with Gasteiger partial charge in [-0.05, 0) is 0 Å². The number of amides is 1. The van der Waals surface area contributed by atoms with Crippen LogP contribution in [0.1, 0.15) is 6.92 Å². The molecule has 1 unspecified atom stereocenters. The molecule has 0 saturated carbocycles. The highest BCUT2D eigenvalue weighted by atomic mass is 16.2. The molecule has 1 aromatic heterocycles. The van der Waals surface area contributed by atoms with Crippen molar-refractivity contribution in [1.82, 2.24) is 15.2 Å². The average Bonchev–Trinajstić information content (AvgIpc) is 2.18. The predicted molar refractivity (Wildman–Crippen MR) is 46.7 cm³/mol. The normalized spacial score (nSPS) is 12.2. The fourth-order valence-electron chi connectivity index (χ4n) is 0.645. The second-order valence-electron chi connectivity index (χ2n) is 2.59. The lowest BCUT2D eigenvalue weighted by molar-refractivity contribution is -0.119. The number of hydrogen-bond donors (Lipinski definition) is 2. The smallest absolute Gasteiger partial charge is 0.249 e. The first-order chi connectivity index (χ1) is 6.24. The predicted octanol–water partition coefficient (Wildman–Crippen LogP) is -0.595. The highest BCUT2D eigenvalue weighted by Crippen LogP contribution is 1.97. The van der Waals surface area contributed by atoms with Crippen LogP contribution in [0.4, 0.5) is 5.95 Å². The van der Waals surface area contributed by atoms with Crippen molar-refractivity contribution in [3.05, 3.63) is 12.4 Å². The van der Waals surface area contributed by atoms with Crippen LogP contribution >= 0.6 is 0 Å². The lowest BCUT2D eigenvalue weighted by atomic mass is 10.2. The molecule has 1 amide bonds. The van der Waals surface area contributed by atoms with Gasteiger partial charge in [-0.15, -0.1) is 5.10 Å². The van der Waals surface area contributed by atoms with Crippen LogP contribution in [-0.2, 0) is 4.79 Å². The van der Waals surface area contributed by atoms with Crippen LogP contribution < -0.4 is 11.1 Å². The summed E-state index contributed by atoms with van der Waals surface area (Å²) in [6.45, 7) is 2.03. The summed E-state index contributed by atoms with van der Waals surface area (Å²) in [4.78, 5) is 15.0. The van der Waals surface area contributed by atoms with Crippen LogP contribution in [0.3, 0.4) is 0 Å². The van der Waals surface area contributed by atoms with Gasteiger partial charge in [-0.2, -0.15) is 5.10 Å². The molecule has 0 spiro atoms. The zero-order chi connectivity index (χ0) is 9.68. The maximum absolute atomic E-state index is 11.2. The molecule has 0 aliphatic carbocycles. The van der Waals surface area contributed by atoms with Gasteiger partial charge in [0.05, 0.1) is 12.4 Å². The number of nitrogens with two attached hydrogens (primary N) is 1. The SMILES string of the molecule is CC(CN)C(=O)Nc1nccnn1. The summed E-state index contributed by atoms with van der Waals surface area (Å²) < 4.78 is 0. The molecule has 70 valence electrons. The first-order valence-corrected chi connectivity index (χ1v) is 3.88. The Labute approximate surface area is 75.6 Å². The van der Waals surface area contributed by atoms with Crippen LogP contribution in [0.2, 0.25) is 0 Å². The van der Waals surface area contributed by atoms with Crippen LogP contribution in [0.15, 0.2) is 12.4 Å². The number of nitrogens with one attached hydrogen (secondary N) is 1. The molecule has 6 nitrogen and oxygen atoms in total. The average molecular weight is 181 g/mol. The summed E-state index contributed by atoms with van der Waals surface area (Å²) in [5.74, 6) is -0.243. The molecular weight excluding hydrogens is 170 g/mol. The van der Waals surface area contributed by atoms with Crippen molar-refractivity contribution in [3.8, 4) is 0 Å². The van der Waals surface area contributed by atoms with Gasteiger partial charge in [-0.25, -0.2) is 4.98 Å². The van der Waals surface area contributed by atoms with E-state index in [1.54, 1.807) is 6.92 Å². The number of carbonyl (C=O) groups is 1. The summed E-state index contributed by atoms with van der Waals surface area (Å²) in [5.41, 5.74) is 5.31. The number of anilines is 1. The first-order valence-electron chi connectivity index (χ1n) is 3.88. The van der Waals surface area contributed by atoms with Crippen molar-refractivity contribution in [1.29, 1.82) is 0 Å². The Hall–Kier alpha value is -1.56. The third-order valence-electron chi connectivity index (χ3n) is 1.52. The molecule has 6 heteroatoms. The quantitative estimate of drug-likeness (QED) is 0.649. The third kappa shape index (κ3) is 2.75. The number of nitrogens with zero attached hydrogens (tertiary/aromatic N) is 3. The fraction of sp³-hybridized carbons (Fsp3) is 0.429. The Morgan fingerprint density at radius 3 is 3.00 bits per heavy atom. The molecule has 0 bridgehead atoms. The summed E-state index contributed by atoms with van der Waals surface area (Å²) in [6.07, 6.45) is 2.89. The molecule has 0 fully saturated rings. The molecule has 1 rings (SSSR count). The Bertz CT molecular complexity index is 275. The topological polar surface area (TPSA) is 93.8 Å². The summed E-state index contributed by atoms with van der Waals surface area (Å²) >= 11 is 0. The van der Waals surface area contributed by atoms with E-state index in [0.717, 1.165) is 0 Å². The number of carbonyl (C=O) groups excluding carboxylic acids is 1. The molecular formula is C7H11N5O. The zero-order valence-electron chi connectivity index (χ0n) is 7.27. The molecule has 3 N–H and O–H groups in total. The first kappa shape index (κ1) is 9.53. The third-order valence-corrected chi connectivity index (χ3v) is 1.52. The van der Waals surface area contributed by atoms with E-state index in [1.165, 1.54) is 12.4 Å².